The molecule has 0 atom stereocenters. The van der Waals surface area contributed by atoms with E-state index in [1.165, 1.54) is 0 Å². The standard InChI is InChI=1S/C22H27N3O4/c1-28-18-8-6-17(7-9-18)21(26)24-19-4-2-3-5-20(19)25-22(27)29-15-12-16-10-13-23-14-11-16/h2-9,16,23H,10-15H2,1H3,(H,24,26)(H,25,27). The van der Waals surface area contributed by atoms with Gasteiger partial charge in [-0.05, 0) is 74.7 Å². The zero-order valence-electron chi connectivity index (χ0n) is 16.6. The fourth-order valence-corrected chi connectivity index (χ4v) is 3.27. The molecule has 0 radical (unpaired) electrons. The fraction of sp³-hybridized carbons (Fsp3) is 0.364. The second kappa shape index (κ2) is 10.5. The Morgan fingerprint density at radius 1 is 1.00 bits per heavy atom. The number of carbonyl (C=O) groups is 2. The van der Waals surface area contributed by atoms with Crippen molar-refractivity contribution in [3.8, 4) is 5.75 Å². The van der Waals surface area contributed by atoms with Crippen LogP contribution in [0.1, 0.15) is 29.6 Å². The smallest absolute Gasteiger partial charge is 0.411 e. The molecule has 29 heavy (non-hydrogen) atoms. The van der Waals surface area contributed by atoms with E-state index in [2.05, 4.69) is 16.0 Å². The third-order valence-electron chi connectivity index (χ3n) is 4.98. The molecule has 2 aromatic carbocycles. The van der Waals surface area contributed by atoms with Gasteiger partial charge >= 0.3 is 6.09 Å². The molecule has 0 aliphatic carbocycles. The maximum absolute atomic E-state index is 12.5. The normalized spacial score (nSPS) is 14.1. The van der Waals surface area contributed by atoms with E-state index in [1.54, 1.807) is 55.6 Å². The summed E-state index contributed by atoms with van der Waals surface area (Å²) in [6, 6.07) is 13.8. The van der Waals surface area contributed by atoms with Crippen LogP contribution in [0.15, 0.2) is 48.5 Å². The summed E-state index contributed by atoms with van der Waals surface area (Å²) in [5.74, 6) is 0.997. The van der Waals surface area contributed by atoms with Crippen LogP contribution in [0.5, 0.6) is 5.75 Å². The highest BCUT2D eigenvalue weighted by atomic mass is 16.5. The van der Waals surface area contributed by atoms with Crippen molar-refractivity contribution in [2.75, 3.05) is 37.4 Å². The number of nitrogens with one attached hydrogen (secondary N) is 3. The van der Waals surface area contributed by atoms with Gasteiger partial charge in [-0.3, -0.25) is 10.1 Å². The van der Waals surface area contributed by atoms with E-state index in [1.807, 2.05) is 0 Å². The van der Waals surface area contributed by atoms with Crippen LogP contribution < -0.4 is 20.7 Å². The molecule has 154 valence electrons. The van der Waals surface area contributed by atoms with Gasteiger partial charge in [-0.1, -0.05) is 12.1 Å². The summed E-state index contributed by atoms with van der Waals surface area (Å²) in [6.07, 6.45) is 2.58. The van der Waals surface area contributed by atoms with Crippen molar-refractivity contribution in [2.45, 2.75) is 19.3 Å². The second-order valence-corrected chi connectivity index (χ2v) is 6.97. The van der Waals surface area contributed by atoms with Crippen LogP contribution in [0, 0.1) is 5.92 Å². The first-order valence-corrected chi connectivity index (χ1v) is 9.84. The van der Waals surface area contributed by atoms with Gasteiger partial charge in [-0.25, -0.2) is 4.79 Å². The SMILES string of the molecule is COc1ccc(C(=O)Nc2ccccc2NC(=O)OCCC2CCNCC2)cc1. The van der Waals surface area contributed by atoms with E-state index in [4.69, 9.17) is 9.47 Å². The molecule has 0 bridgehead atoms. The summed E-state index contributed by atoms with van der Waals surface area (Å²) in [6.45, 7) is 2.44. The predicted octanol–water partition coefficient (Wildman–Crippen LogP) is 3.89. The van der Waals surface area contributed by atoms with Crippen LogP contribution in [0.3, 0.4) is 0 Å². The fourth-order valence-electron chi connectivity index (χ4n) is 3.27. The summed E-state index contributed by atoms with van der Waals surface area (Å²) in [5, 5.41) is 8.86. The van der Waals surface area contributed by atoms with Gasteiger partial charge in [0, 0.05) is 5.56 Å². The lowest BCUT2D eigenvalue weighted by atomic mass is 9.95. The highest BCUT2D eigenvalue weighted by Gasteiger charge is 2.15. The van der Waals surface area contributed by atoms with Crippen LogP contribution >= 0.6 is 0 Å². The molecule has 1 fully saturated rings. The average molecular weight is 397 g/mol. The zero-order chi connectivity index (χ0) is 20.5. The quantitative estimate of drug-likeness (QED) is 0.660. The lowest BCUT2D eigenvalue weighted by molar-refractivity contribution is 0.102. The van der Waals surface area contributed by atoms with Gasteiger partial charge in [0.15, 0.2) is 0 Å². The first-order valence-electron chi connectivity index (χ1n) is 9.84. The Bertz CT molecular complexity index is 817. The molecule has 7 heteroatoms. The maximum atomic E-state index is 12.5. The molecule has 1 saturated heterocycles. The number of amides is 2. The van der Waals surface area contributed by atoms with Crippen LogP contribution in [-0.2, 0) is 4.74 Å². The van der Waals surface area contributed by atoms with E-state index in [0.29, 0.717) is 35.2 Å². The summed E-state index contributed by atoms with van der Waals surface area (Å²) < 4.78 is 10.4. The largest absolute Gasteiger partial charge is 0.497 e. The molecule has 0 saturated carbocycles. The van der Waals surface area contributed by atoms with Crippen molar-refractivity contribution in [3.63, 3.8) is 0 Å². The molecule has 1 aliphatic heterocycles. The minimum Gasteiger partial charge on any atom is -0.497 e. The Morgan fingerprint density at radius 2 is 1.66 bits per heavy atom. The van der Waals surface area contributed by atoms with Crippen LogP contribution in [-0.4, -0.2) is 38.8 Å². The van der Waals surface area contributed by atoms with Gasteiger partial charge < -0.3 is 20.1 Å². The minimum absolute atomic E-state index is 0.277. The van der Waals surface area contributed by atoms with E-state index >= 15 is 0 Å². The second-order valence-electron chi connectivity index (χ2n) is 6.97. The van der Waals surface area contributed by atoms with E-state index in [9.17, 15) is 9.59 Å². The van der Waals surface area contributed by atoms with E-state index < -0.39 is 6.09 Å². The Balaban J connectivity index is 1.53. The van der Waals surface area contributed by atoms with Gasteiger partial charge in [0.2, 0.25) is 0 Å². The third kappa shape index (κ3) is 6.22. The van der Waals surface area contributed by atoms with Crippen molar-refractivity contribution in [3.05, 3.63) is 54.1 Å². The Hall–Kier alpha value is -3.06. The first-order chi connectivity index (χ1) is 14.2. The Morgan fingerprint density at radius 3 is 2.31 bits per heavy atom. The van der Waals surface area contributed by atoms with Crippen molar-refractivity contribution in [1.29, 1.82) is 0 Å². The molecule has 2 amide bonds. The van der Waals surface area contributed by atoms with Crippen LogP contribution in [0.2, 0.25) is 0 Å². The van der Waals surface area contributed by atoms with Gasteiger partial charge in [0.1, 0.15) is 5.75 Å². The molecule has 2 aromatic rings. The summed E-state index contributed by atoms with van der Waals surface area (Å²) in [5.41, 5.74) is 1.48. The Kier molecular flexibility index (Phi) is 7.47. The monoisotopic (exact) mass is 397 g/mol. The minimum atomic E-state index is -0.523. The molecule has 0 spiro atoms. The first kappa shape index (κ1) is 20.7. The molecule has 3 N–H and O–H groups in total. The number of hydrogen-bond acceptors (Lipinski definition) is 5. The molecule has 7 nitrogen and oxygen atoms in total. The van der Waals surface area contributed by atoms with Crippen molar-refractivity contribution in [2.24, 2.45) is 5.92 Å². The zero-order valence-corrected chi connectivity index (χ0v) is 16.6. The van der Waals surface area contributed by atoms with Gasteiger partial charge in [-0.2, -0.15) is 0 Å². The Labute approximate surface area is 170 Å². The molecule has 1 aliphatic rings. The summed E-state index contributed by atoms with van der Waals surface area (Å²) in [4.78, 5) is 24.7. The van der Waals surface area contributed by atoms with E-state index in [0.717, 1.165) is 32.4 Å². The number of para-hydroxylation sites is 2. The number of benzene rings is 2. The van der Waals surface area contributed by atoms with E-state index in [-0.39, 0.29) is 5.91 Å². The molecule has 1 heterocycles. The van der Waals surface area contributed by atoms with Gasteiger partial charge in [-0.15, -0.1) is 0 Å². The number of piperidine rings is 1. The predicted molar refractivity (Wildman–Crippen MR) is 113 cm³/mol. The average Bonchev–Trinajstić information content (AvgIpc) is 2.76. The summed E-state index contributed by atoms with van der Waals surface area (Å²) in [7, 11) is 1.57. The molecule has 0 unspecified atom stereocenters. The third-order valence-corrected chi connectivity index (χ3v) is 4.98. The maximum Gasteiger partial charge on any atom is 0.411 e. The van der Waals surface area contributed by atoms with Gasteiger partial charge in [0.05, 0.1) is 25.1 Å². The molecular formula is C22H27N3O4. The molecular weight excluding hydrogens is 370 g/mol. The number of rotatable bonds is 7. The highest BCUT2D eigenvalue weighted by molar-refractivity contribution is 6.06. The number of ether oxygens (including phenoxy) is 2. The number of methoxy groups -OCH3 is 1. The van der Waals surface area contributed by atoms with Crippen molar-refractivity contribution >= 4 is 23.4 Å². The number of hydrogen-bond donors (Lipinski definition) is 3. The van der Waals surface area contributed by atoms with Crippen LogP contribution in [0.25, 0.3) is 0 Å². The van der Waals surface area contributed by atoms with Crippen LogP contribution in [0.4, 0.5) is 16.2 Å². The highest BCUT2D eigenvalue weighted by Crippen LogP contribution is 2.23. The lowest BCUT2D eigenvalue weighted by Gasteiger charge is -2.22. The molecule has 3 rings (SSSR count). The summed E-state index contributed by atoms with van der Waals surface area (Å²) >= 11 is 0. The van der Waals surface area contributed by atoms with Crippen molar-refractivity contribution < 1.29 is 19.1 Å². The number of anilines is 2. The number of carbonyl (C=O) groups excluding carboxylic acids is 2. The topological polar surface area (TPSA) is 88.7 Å². The van der Waals surface area contributed by atoms with Crippen molar-refractivity contribution in [1.82, 2.24) is 5.32 Å². The molecule has 0 aromatic heterocycles. The lowest BCUT2D eigenvalue weighted by Crippen LogP contribution is -2.28. The van der Waals surface area contributed by atoms with Gasteiger partial charge in [0.25, 0.3) is 5.91 Å².